The molecule has 1 heteroatoms. The molecule has 1 atom stereocenters. The highest BCUT2D eigenvalue weighted by Gasteiger charge is 2.23. The van der Waals surface area contributed by atoms with E-state index < -0.39 is 0 Å². The van der Waals surface area contributed by atoms with Crippen LogP contribution in [0.5, 0.6) is 0 Å². The van der Waals surface area contributed by atoms with Gasteiger partial charge in [-0.3, -0.25) is 4.79 Å². The molecule has 1 aliphatic rings. The first-order valence-corrected chi connectivity index (χ1v) is 3.32. The molecule has 0 N–H and O–H groups in total. The molecule has 0 fully saturated rings. The predicted molar refractivity (Wildman–Crippen MR) is 37.2 cm³/mol. The Balaban J connectivity index is 2.87. The van der Waals surface area contributed by atoms with Crippen LogP contribution < -0.4 is 0 Å². The van der Waals surface area contributed by atoms with Crippen LogP contribution in [0, 0.1) is 5.92 Å². The molecule has 0 heterocycles. The lowest BCUT2D eigenvalue weighted by Crippen LogP contribution is -2.02. The van der Waals surface area contributed by atoms with Crippen LogP contribution in [0.25, 0.3) is 0 Å². The van der Waals surface area contributed by atoms with Crippen molar-refractivity contribution in [1.82, 2.24) is 0 Å². The standard InChI is InChI=1S/C8H12O/c1-5-4-8(9)7(3)6(5)2/h7H,4H2,1-3H3. The lowest BCUT2D eigenvalue weighted by Gasteiger charge is -1.98. The maximum absolute atomic E-state index is 11.0. The topological polar surface area (TPSA) is 17.1 Å². The van der Waals surface area contributed by atoms with Gasteiger partial charge in [0.1, 0.15) is 5.78 Å². The van der Waals surface area contributed by atoms with Gasteiger partial charge < -0.3 is 0 Å². The molecule has 50 valence electrons. The van der Waals surface area contributed by atoms with Crippen LogP contribution in [0.4, 0.5) is 0 Å². The summed E-state index contributed by atoms with van der Waals surface area (Å²) >= 11 is 0. The molecule has 1 unspecified atom stereocenters. The second-order valence-corrected chi connectivity index (χ2v) is 2.83. The molecule has 0 spiro atoms. The monoisotopic (exact) mass is 124 g/mol. The fraction of sp³-hybridized carbons (Fsp3) is 0.625. The van der Waals surface area contributed by atoms with Crippen LogP contribution in [0.2, 0.25) is 0 Å². The Hall–Kier alpha value is -0.590. The third-order valence-electron chi connectivity index (χ3n) is 2.25. The van der Waals surface area contributed by atoms with Gasteiger partial charge in [-0.25, -0.2) is 0 Å². The summed E-state index contributed by atoms with van der Waals surface area (Å²) in [5, 5.41) is 0. The fourth-order valence-corrected chi connectivity index (χ4v) is 1.16. The van der Waals surface area contributed by atoms with Crippen molar-refractivity contribution >= 4 is 5.78 Å². The van der Waals surface area contributed by atoms with Gasteiger partial charge in [0.15, 0.2) is 0 Å². The van der Waals surface area contributed by atoms with Crippen molar-refractivity contribution in [3.05, 3.63) is 11.1 Å². The quantitative estimate of drug-likeness (QED) is 0.451. The van der Waals surface area contributed by atoms with Crippen molar-refractivity contribution in [2.24, 2.45) is 5.92 Å². The lowest BCUT2D eigenvalue weighted by molar-refractivity contribution is -0.119. The maximum Gasteiger partial charge on any atom is 0.143 e. The van der Waals surface area contributed by atoms with Gasteiger partial charge in [-0.2, -0.15) is 0 Å². The zero-order valence-corrected chi connectivity index (χ0v) is 6.19. The van der Waals surface area contributed by atoms with Crippen molar-refractivity contribution in [1.29, 1.82) is 0 Å². The normalized spacial score (nSPS) is 27.9. The molecule has 0 saturated carbocycles. The molecule has 0 aromatic carbocycles. The fourth-order valence-electron chi connectivity index (χ4n) is 1.16. The van der Waals surface area contributed by atoms with Gasteiger partial charge in [0.25, 0.3) is 0 Å². The number of rotatable bonds is 0. The van der Waals surface area contributed by atoms with Crippen LogP contribution in [0.3, 0.4) is 0 Å². The highest BCUT2D eigenvalue weighted by Crippen LogP contribution is 2.27. The van der Waals surface area contributed by atoms with Crippen molar-refractivity contribution in [3.8, 4) is 0 Å². The second kappa shape index (κ2) is 1.98. The van der Waals surface area contributed by atoms with E-state index in [1.807, 2.05) is 20.8 Å². The molecule has 0 aliphatic heterocycles. The molecule has 1 nitrogen and oxygen atoms in total. The Labute approximate surface area is 55.8 Å². The highest BCUT2D eigenvalue weighted by molar-refractivity contribution is 5.88. The number of hydrogen-bond donors (Lipinski definition) is 0. The van der Waals surface area contributed by atoms with Gasteiger partial charge in [0.05, 0.1) is 0 Å². The molecule has 0 aromatic rings. The number of ketones is 1. The van der Waals surface area contributed by atoms with Gasteiger partial charge in [0, 0.05) is 12.3 Å². The highest BCUT2D eigenvalue weighted by atomic mass is 16.1. The Kier molecular flexibility index (Phi) is 1.43. The number of carbonyl (C=O) groups is 1. The van der Waals surface area contributed by atoms with Crippen LogP contribution >= 0.6 is 0 Å². The molecule has 0 saturated heterocycles. The minimum Gasteiger partial charge on any atom is -0.299 e. The van der Waals surface area contributed by atoms with Crippen LogP contribution in [-0.4, -0.2) is 5.78 Å². The van der Waals surface area contributed by atoms with E-state index in [1.165, 1.54) is 11.1 Å². The van der Waals surface area contributed by atoms with Crippen molar-refractivity contribution < 1.29 is 4.79 Å². The van der Waals surface area contributed by atoms with Crippen LogP contribution in [-0.2, 0) is 4.79 Å². The van der Waals surface area contributed by atoms with E-state index in [0.29, 0.717) is 12.2 Å². The minimum atomic E-state index is 0.199. The van der Waals surface area contributed by atoms with E-state index >= 15 is 0 Å². The number of hydrogen-bond acceptors (Lipinski definition) is 1. The second-order valence-electron chi connectivity index (χ2n) is 2.83. The molecule has 1 aliphatic carbocycles. The van der Waals surface area contributed by atoms with Crippen LogP contribution in [0.15, 0.2) is 11.1 Å². The summed E-state index contributed by atoms with van der Waals surface area (Å²) in [7, 11) is 0. The first kappa shape index (κ1) is 6.53. The first-order valence-electron chi connectivity index (χ1n) is 3.32. The lowest BCUT2D eigenvalue weighted by atomic mass is 10.1. The summed E-state index contributed by atoms with van der Waals surface area (Å²) in [6.45, 7) is 6.07. The largest absolute Gasteiger partial charge is 0.299 e. The molecule has 0 aromatic heterocycles. The van der Waals surface area contributed by atoms with Gasteiger partial charge in [-0.15, -0.1) is 0 Å². The van der Waals surface area contributed by atoms with E-state index in [9.17, 15) is 4.79 Å². The Morgan fingerprint density at radius 1 is 1.44 bits per heavy atom. The van der Waals surface area contributed by atoms with E-state index in [4.69, 9.17) is 0 Å². The molecule has 9 heavy (non-hydrogen) atoms. The van der Waals surface area contributed by atoms with Crippen molar-refractivity contribution in [2.75, 3.05) is 0 Å². The Bertz CT molecular complexity index is 177. The first-order chi connectivity index (χ1) is 4.13. The molecule has 0 radical (unpaired) electrons. The molecule has 1 rings (SSSR count). The summed E-state index contributed by atoms with van der Waals surface area (Å²) < 4.78 is 0. The van der Waals surface area contributed by atoms with Gasteiger partial charge in [-0.05, 0) is 13.8 Å². The average molecular weight is 124 g/mol. The summed E-state index contributed by atoms with van der Waals surface area (Å²) in [6.07, 6.45) is 0.687. The molecular formula is C8H12O. The Morgan fingerprint density at radius 2 is 2.00 bits per heavy atom. The smallest absolute Gasteiger partial charge is 0.143 e. The van der Waals surface area contributed by atoms with Gasteiger partial charge in [0.2, 0.25) is 0 Å². The predicted octanol–water partition coefficient (Wildman–Crippen LogP) is 1.93. The van der Waals surface area contributed by atoms with E-state index in [0.717, 1.165) is 0 Å². The summed E-state index contributed by atoms with van der Waals surface area (Å²) in [5.74, 6) is 0.579. The molecule has 0 amide bonds. The molecule has 0 bridgehead atoms. The van der Waals surface area contributed by atoms with Gasteiger partial charge in [-0.1, -0.05) is 18.1 Å². The zero-order chi connectivity index (χ0) is 7.02. The van der Waals surface area contributed by atoms with Crippen molar-refractivity contribution in [3.63, 3.8) is 0 Å². The zero-order valence-electron chi connectivity index (χ0n) is 6.19. The van der Waals surface area contributed by atoms with Crippen LogP contribution in [0.1, 0.15) is 27.2 Å². The third kappa shape index (κ3) is 0.913. The van der Waals surface area contributed by atoms with E-state index in [2.05, 4.69) is 0 Å². The minimum absolute atomic E-state index is 0.199. The third-order valence-corrected chi connectivity index (χ3v) is 2.25. The summed E-state index contributed by atoms with van der Waals surface area (Å²) in [6, 6.07) is 0. The number of carbonyl (C=O) groups excluding carboxylic acids is 1. The van der Waals surface area contributed by atoms with Gasteiger partial charge >= 0.3 is 0 Å². The SMILES string of the molecule is CC1=C(C)C(C)C(=O)C1. The summed E-state index contributed by atoms with van der Waals surface area (Å²) in [5.41, 5.74) is 2.55. The van der Waals surface area contributed by atoms with E-state index in [1.54, 1.807) is 0 Å². The number of allylic oxidation sites excluding steroid dienone is 2. The molecular weight excluding hydrogens is 112 g/mol. The maximum atomic E-state index is 11.0. The average Bonchev–Trinajstić information content (AvgIpc) is 1.98. The summed E-state index contributed by atoms with van der Waals surface area (Å²) in [4.78, 5) is 11.0. The van der Waals surface area contributed by atoms with Crippen molar-refractivity contribution in [2.45, 2.75) is 27.2 Å². The Morgan fingerprint density at radius 3 is 2.11 bits per heavy atom. The number of Topliss-reactive ketones (excluding diaryl/α,β-unsaturated/α-hetero) is 1. The van der Waals surface area contributed by atoms with E-state index in [-0.39, 0.29) is 5.92 Å².